The first-order valence-electron chi connectivity index (χ1n) is 8.29. The molecule has 0 spiro atoms. The van der Waals surface area contributed by atoms with Gasteiger partial charge in [0.05, 0.1) is 5.71 Å². The number of oxime groups is 1. The summed E-state index contributed by atoms with van der Waals surface area (Å²) in [6.07, 6.45) is -7.17. The van der Waals surface area contributed by atoms with Gasteiger partial charge in [0.2, 0.25) is 0 Å². The molecule has 0 unspecified atom stereocenters. The van der Waals surface area contributed by atoms with Gasteiger partial charge < -0.3 is 0 Å². The third-order valence-corrected chi connectivity index (χ3v) is 5.27. The van der Waals surface area contributed by atoms with E-state index in [2.05, 4.69) is 9.44 Å². The molecule has 0 bridgehead atoms. The maximum atomic E-state index is 13.6. The molecule has 2 aromatic rings. The monoisotopic (exact) mass is 493 g/mol. The maximum Gasteiger partial charge on any atom is 0.460 e. The van der Waals surface area contributed by atoms with Gasteiger partial charge in [-0.15, -0.1) is 0 Å². The summed E-state index contributed by atoms with van der Waals surface area (Å²) >= 11 is 0. The number of benzene rings is 2. The lowest BCUT2D eigenvalue weighted by molar-refractivity contribution is -0.382. The molecule has 0 aliphatic heterocycles. The summed E-state index contributed by atoms with van der Waals surface area (Å²) < 4.78 is 142. The summed E-state index contributed by atoms with van der Waals surface area (Å²) in [6, 6.07) is 14.4. The van der Waals surface area contributed by atoms with Gasteiger partial charge in [0, 0.05) is 0 Å². The van der Waals surface area contributed by atoms with Crippen LogP contribution in [0.2, 0.25) is 0 Å². The molecule has 4 nitrogen and oxygen atoms in total. The van der Waals surface area contributed by atoms with Gasteiger partial charge in [-0.2, -0.15) is 47.9 Å². The average molecular weight is 493 g/mol. The minimum atomic E-state index is -7.39. The largest absolute Gasteiger partial charge is 0.460 e. The first-order valence-corrected chi connectivity index (χ1v) is 9.70. The van der Waals surface area contributed by atoms with Gasteiger partial charge in [-0.1, -0.05) is 59.8 Å². The Balaban J connectivity index is 2.29. The van der Waals surface area contributed by atoms with Crippen LogP contribution in [0.25, 0.3) is 11.1 Å². The Kier molecular flexibility index (Phi) is 6.61. The molecule has 0 saturated carbocycles. The normalized spacial score (nSPS) is 14.4. The van der Waals surface area contributed by atoms with E-state index < -0.39 is 39.1 Å². The molecule has 176 valence electrons. The fourth-order valence-corrected chi connectivity index (χ4v) is 3.00. The average Bonchev–Trinajstić information content (AvgIpc) is 2.71. The van der Waals surface area contributed by atoms with Crippen LogP contribution in [0.4, 0.5) is 39.5 Å². The number of hydrogen-bond acceptors (Lipinski definition) is 4. The summed E-state index contributed by atoms with van der Waals surface area (Å²) in [5.74, 6) is -14.8. The molecule has 0 aliphatic rings. The van der Waals surface area contributed by atoms with Crippen LogP contribution in [0, 0.1) is 0 Å². The molecular weight excluding hydrogens is 481 g/mol. The third kappa shape index (κ3) is 4.40. The zero-order valence-corrected chi connectivity index (χ0v) is 16.5. The van der Waals surface area contributed by atoms with Crippen molar-refractivity contribution in [3.63, 3.8) is 0 Å². The molecule has 0 radical (unpaired) electrons. The second kappa shape index (κ2) is 8.30. The van der Waals surface area contributed by atoms with Crippen molar-refractivity contribution >= 4 is 15.8 Å². The molecule has 0 amide bonds. The molecule has 0 N–H and O–H groups in total. The molecule has 0 saturated heterocycles. The lowest BCUT2D eigenvalue weighted by Crippen LogP contribution is -2.63. The molecular formula is C18H12F9NO3S. The Morgan fingerprint density at radius 1 is 0.750 bits per heavy atom. The number of alkyl halides is 9. The third-order valence-electron chi connectivity index (χ3n) is 4.11. The van der Waals surface area contributed by atoms with E-state index in [0.29, 0.717) is 5.56 Å². The lowest BCUT2D eigenvalue weighted by atomic mass is 10.0. The van der Waals surface area contributed by atoms with E-state index >= 15 is 0 Å². The zero-order chi connectivity index (χ0) is 24.6. The van der Waals surface area contributed by atoms with Crippen molar-refractivity contribution in [2.24, 2.45) is 5.16 Å². The first kappa shape index (κ1) is 25.5. The summed E-state index contributed by atoms with van der Waals surface area (Å²) in [6.45, 7) is 0.994. The number of nitrogens with zero attached hydrogens (tertiary/aromatic N) is 1. The number of hydrogen-bond donors (Lipinski definition) is 0. The fourth-order valence-electron chi connectivity index (χ4n) is 2.26. The van der Waals surface area contributed by atoms with Crippen molar-refractivity contribution in [1.29, 1.82) is 0 Å². The first-order chi connectivity index (χ1) is 14.5. The molecule has 0 atom stereocenters. The maximum absolute atomic E-state index is 13.6. The van der Waals surface area contributed by atoms with Crippen LogP contribution in [0.5, 0.6) is 0 Å². The molecule has 2 aromatic carbocycles. The van der Waals surface area contributed by atoms with Crippen LogP contribution in [0.1, 0.15) is 12.5 Å². The van der Waals surface area contributed by atoms with E-state index in [4.69, 9.17) is 0 Å². The van der Waals surface area contributed by atoms with Crippen LogP contribution >= 0.6 is 0 Å². The second-order valence-electron chi connectivity index (χ2n) is 6.31. The van der Waals surface area contributed by atoms with Gasteiger partial charge in [0.15, 0.2) is 0 Å². The minimum absolute atomic E-state index is 0.0515. The fraction of sp³-hybridized carbons (Fsp3) is 0.278. The Labute approximate surface area is 175 Å². The minimum Gasteiger partial charge on any atom is -0.264 e. The molecule has 0 aromatic heterocycles. The predicted molar refractivity (Wildman–Crippen MR) is 95.0 cm³/mol. The van der Waals surface area contributed by atoms with Gasteiger partial charge >= 0.3 is 33.4 Å². The lowest BCUT2D eigenvalue weighted by Gasteiger charge is -2.31. The SMILES string of the molecule is C/C(=N\OS(=O)(=O)C(F)(F)C(F)(F)C(F)(F)C(F)(F)F)c1ccc(-c2ccccc2)cc1. The van der Waals surface area contributed by atoms with Gasteiger partial charge in [0.25, 0.3) is 0 Å². The standard InChI is InChI=1S/C18H12F9NO3S/c1-11(12-7-9-14(10-8-12)13-5-3-2-4-6-13)28-31-32(29,30)18(26,27)16(21,22)15(19,20)17(23,24)25/h2-10H,1H3/b28-11+. The summed E-state index contributed by atoms with van der Waals surface area (Å²) in [4.78, 5) is 0. The second-order valence-corrected chi connectivity index (χ2v) is 7.88. The Morgan fingerprint density at radius 3 is 1.69 bits per heavy atom. The van der Waals surface area contributed by atoms with Crippen molar-refractivity contribution < 1.29 is 52.2 Å². The smallest absolute Gasteiger partial charge is 0.264 e. The van der Waals surface area contributed by atoms with Gasteiger partial charge in [-0.05, 0) is 23.6 Å². The van der Waals surface area contributed by atoms with Crippen molar-refractivity contribution in [1.82, 2.24) is 0 Å². The summed E-state index contributed by atoms with van der Waals surface area (Å²) in [7, 11) is -7.07. The highest BCUT2D eigenvalue weighted by Crippen LogP contribution is 2.54. The molecule has 14 heteroatoms. The van der Waals surface area contributed by atoms with Crippen LogP contribution in [-0.2, 0) is 14.4 Å². The highest BCUT2D eigenvalue weighted by molar-refractivity contribution is 7.87. The van der Waals surface area contributed by atoms with Crippen LogP contribution in [0.3, 0.4) is 0 Å². The van der Waals surface area contributed by atoms with Gasteiger partial charge in [-0.3, -0.25) is 4.28 Å². The summed E-state index contributed by atoms with van der Waals surface area (Å²) in [5, 5.41) is -4.29. The van der Waals surface area contributed by atoms with E-state index in [9.17, 15) is 47.9 Å². The van der Waals surface area contributed by atoms with E-state index in [1.54, 1.807) is 30.3 Å². The molecule has 0 heterocycles. The predicted octanol–water partition coefficient (Wildman–Crippen LogP) is 5.85. The van der Waals surface area contributed by atoms with Crippen molar-refractivity contribution in [3.05, 3.63) is 60.2 Å². The highest BCUT2D eigenvalue weighted by atomic mass is 32.2. The van der Waals surface area contributed by atoms with Crippen molar-refractivity contribution in [2.75, 3.05) is 0 Å². The van der Waals surface area contributed by atoms with E-state index in [0.717, 1.165) is 12.5 Å². The number of halogens is 9. The van der Waals surface area contributed by atoms with E-state index in [1.807, 2.05) is 0 Å². The van der Waals surface area contributed by atoms with Gasteiger partial charge in [0.1, 0.15) is 0 Å². The highest BCUT2D eigenvalue weighted by Gasteiger charge is 2.86. The molecule has 0 aliphatic carbocycles. The number of rotatable bonds is 7. The zero-order valence-electron chi connectivity index (χ0n) is 15.7. The van der Waals surface area contributed by atoms with Crippen LogP contribution < -0.4 is 0 Å². The molecule has 2 rings (SSSR count). The van der Waals surface area contributed by atoms with Crippen molar-refractivity contribution in [2.45, 2.75) is 30.2 Å². The molecule has 32 heavy (non-hydrogen) atoms. The summed E-state index contributed by atoms with van der Waals surface area (Å²) in [5.41, 5.74) is 1.03. The van der Waals surface area contributed by atoms with Crippen LogP contribution in [-0.4, -0.2) is 37.4 Å². The van der Waals surface area contributed by atoms with E-state index in [1.165, 1.54) is 24.3 Å². The van der Waals surface area contributed by atoms with Gasteiger partial charge in [-0.25, -0.2) is 0 Å². The van der Waals surface area contributed by atoms with Crippen LogP contribution in [0.15, 0.2) is 59.8 Å². The van der Waals surface area contributed by atoms with Crippen molar-refractivity contribution in [3.8, 4) is 11.1 Å². The Hall–Kier alpha value is -2.77. The quantitative estimate of drug-likeness (QED) is 0.276. The Morgan fingerprint density at radius 2 is 1.22 bits per heavy atom. The topological polar surface area (TPSA) is 55.7 Å². The van der Waals surface area contributed by atoms with E-state index in [-0.39, 0.29) is 5.56 Å². The molecule has 0 fully saturated rings. The Bertz CT molecular complexity index is 1080.